The maximum absolute atomic E-state index is 12.5. The van der Waals surface area contributed by atoms with E-state index in [1.165, 1.54) is 30.3 Å². The van der Waals surface area contributed by atoms with Crippen molar-refractivity contribution in [3.8, 4) is 5.75 Å². The van der Waals surface area contributed by atoms with Gasteiger partial charge in [-0.05, 0) is 78.3 Å². The zero-order chi connectivity index (χ0) is 24.9. The van der Waals surface area contributed by atoms with Crippen LogP contribution in [0.2, 0.25) is 0 Å². The second-order valence-electron chi connectivity index (χ2n) is 7.22. The van der Waals surface area contributed by atoms with Gasteiger partial charge in [0.2, 0.25) is 0 Å². The first-order valence-electron chi connectivity index (χ1n) is 9.83. The Bertz CT molecular complexity index is 1260. The Kier molecular flexibility index (Phi) is 8.21. The van der Waals surface area contributed by atoms with Crippen molar-refractivity contribution in [2.24, 2.45) is 0 Å². The number of hydrogen-bond donors (Lipinski definition) is 2. The molecule has 0 aliphatic carbocycles. The van der Waals surface area contributed by atoms with Gasteiger partial charge in [0.15, 0.2) is 9.84 Å². The minimum Gasteiger partial charge on any atom is -0.507 e. The number of halogens is 3. The van der Waals surface area contributed by atoms with E-state index in [9.17, 15) is 31.5 Å². The molecule has 34 heavy (non-hydrogen) atoms. The van der Waals surface area contributed by atoms with Gasteiger partial charge in [0.1, 0.15) is 10.6 Å². The molecule has 1 amide bonds. The predicted octanol–water partition coefficient (Wildman–Crippen LogP) is 5.99. The van der Waals surface area contributed by atoms with Gasteiger partial charge in [0.05, 0.1) is 0 Å². The van der Waals surface area contributed by atoms with Crippen molar-refractivity contribution >= 4 is 45.0 Å². The highest BCUT2D eigenvalue weighted by molar-refractivity contribution is 8.00. The summed E-state index contributed by atoms with van der Waals surface area (Å²) < 4.78 is 60.6. The molecule has 0 heterocycles. The van der Waals surface area contributed by atoms with Gasteiger partial charge in [-0.2, -0.15) is 13.2 Å². The third-order valence-corrected chi connectivity index (χ3v) is 7.43. The first-order valence-corrected chi connectivity index (χ1v) is 13.5. The number of benzene rings is 3. The second kappa shape index (κ2) is 10.7. The average molecular weight is 528 g/mol. The molecule has 0 bridgehead atoms. The van der Waals surface area contributed by atoms with Gasteiger partial charge < -0.3 is 10.4 Å². The number of sulfone groups is 1. The van der Waals surface area contributed by atoms with Crippen molar-refractivity contribution in [2.45, 2.75) is 26.6 Å². The van der Waals surface area contributed by atoms with Crippen LogP contribution in [0.25, 0.3) is 0 Å². The summed E-state index contributed by atoms with van der Waals surface area (Å²) in [6.45, 7) is 0. The molecule has 0 saturated carbocycles. The molecule has 3 aromatic rings. The van der Waals surface area contributed by atoms with Crippen LogP contribution >= 0.6 is 23.5 Å². The fourth-order valence-corrected chi connectivity index (χ4v) is 5.17. The zero-order valence-electron chi connectivity index (χ0n) is 17.8. The van der Waals surface area contributed by atoms with Crippen LogP contribution in [0.1, 0.15) is 15.9 Å². The number of aromatic hydroxyl groups is 1. The number of rotatable bonds is 8. The SMILES string of the molecule is CS(=O)(=O)c1cc(NC(=O)c2ccc(SCCc3ccc(SC(F)(F)F)cc3)cc2)ccc1O. The molecule has 3 rings (SSSR count). The predicted molar refractivity (Wildman–Crippen MR) is 128 cm³/mol. The van der Waals surface area contributed by atoms with Crippen LogP contribution < -0.4 is 5.32 Å². The summed E-state index contributed by atoms with van der Waals surface area (Å²) in [6, 6.07) is 16.9. The van der Waals surface area contributed by atoms with Crippen LogP contribution in [0.4, 0.5) is 18.9 Å². The van der Waals surface area contributed by atoms with Gasteiger partial charge in [0.25, 0.3) is 5.91 Å². The Hall–Kier alpha value is -2.63. The fourth-order valence-electron chi connectivity index (χ4n) is 2.94. The van der Waals surface area contributed by atoms with Crippen LogP contribution in [0.3, 0.4) is 0 Å². The molecule has 0 radical (unpaired) electrons. The average Bonchev–Trinajstić information content (AvgIpc) is 2.75. The number of alkyl halides is 3. The monoisotopic (exact) mass is 527 g/mol. The standard InChI is InChI=1S/C23H20F3NO4S3/c1-34(30,31)21-14-17(6-11-20(21)28)27-22(29)16-4-9-18(10-5-16)32-13-12-15-2-7-19(8-3-15)33-23(24,25)26/h2-11,14,28H,12-13H2,1H3,(H,27,29). The molecule has 0 saturated heterocycles. The molecule has 0 spiro atoms. The van der Waals surface area contributed by atoms with Crippen molar-refractivity contribution in [3.63, 3.8) is 0 Å². The highest BCUT2D eigenvalue weighted by atomic mass is 32.2. The molecule has 0 aliphatic rings. The third kappa shape index (κ3) is 7.71. The summed E-state index contributed by atoms with van der Waals surface area (Å²) in [5.41, 5.74) is -2.77. The summed E-state index contributed by atoms with van der Waals surface area (Å²) in [7, 11) is -3.65. The van der Waals surface area contributed by atoms with Crippen molar-refractivity contribution in [1.82, 2.24) is 0 Å². The Morgan fingerprint density at radius 3 is 2.18 bits per heavy atom. The molecule has 0 aromatic heterocycles. The van der Waals surface area contributed by atoms with E-state index in [0.717, 1.165) is 16.7 Å². The Labute approximate surface area is 203 Å². The zero-order valence-corrected chi connectivity index (χ0v) is 20.2. The summed E-state index contributed by atoms with van der Waals surface area (Å²) in [4.78, 5) is 13.3. The van der Waals surface area contributed by atoms with Crippen molar-refractivity contribution < 1.29 is 31.5 Å². The first kappa shape index (κ1) is 26.0. The van der Waals surface area contributed by atoms with Crippen LogP contribution in [-0.2, 0) is 16.3 Å². The lowest BCUT2D eigenvalue weighted by molar-refractivity contribution is -0.0328. The van der Waals surface area contributed by atoms with Gasteiger partial charge in [-0.3, -0.25) is 4.79 Å². The summed E-state index contributed by atoms with van der Waals surface area (Å²) in [5.74, 6) is -0.115. The summed E-state index contributed by atoms with van der Waals surface area (Å²) in [5, 5.41) is 12.3. The van der Waals surface area contributed by atoms with Gasteiger partial charge in [-0.15, -0.1) is 11.8 Å². The van der Waals surface area contributed by atoms with E-state index < -0.39 is 27.0 Å². The van der Waals surface area contributed by atoms with Gasteiger partial charge in [-0.1, -0.05) is 12.1 Å². The number of phenols is 1. The molecule has 2 N–H and O–H groups in total. The largest absolute Gasteiger partial charge is 0.507 e. The number of anilines is 1. The molecule has 0 fully saturated rings. The number of carbonyl (C=O) groups excluding carboxylic acids is 1. The molecule has 5 nitrogen and oxygen atoms in total. The third-order valence-electron chi connectivity index (χ3n) is 4.55. The molecular weight excluding hydrogens is 507 g/mol. The van der Waals surface area contributed by atoms with E-state index >= 15 is 0 Å². The molecule has 11 heteroatoms. The summed E-state index contributed by atoms with van der Waals surface area (Å²) in [6.07, 6.45) is 1.64. The van der Waals surface area contributed by atoms with E-state index in [1.54, 1.807) is 48.2 Å². The molecule has 0 aliphatic heterocycles. The van der Waals surface area contributed by atoms with E-state index in [-0.39, 0.29) is 27.2 Å². The van der Waals surface area contributed by atoms with Crippen molar-refractivity contribution in [2.75, 3.05) is 17.3 Å². The Morgan fingerprint density at radius 2 is 1.59 bits per heavy atom. The van der Waals surface area contributed by atoms with E-state index in [2.05, 4.69) is 5.32 Å². The van der Waals surface area contributed by atoms with E-state index in [1.807, 2.05) is 0 Å². The quantitative estimate of drug-likeness (QED) is 0.276. The van der Waals surface area contributed by atoms with Crippen molar-refractivity contribution in [3.05, 3.63) is 77.9 Å². The van der Waals surface area contributed by atoms with Crippen molar-refractivity contribution in [1.29, 1.82) is 0 Å². The van der Waals surface area contributed by atoms with Gasteiger partial charge in [0, 0.05) is 33.1 Å². The fraction of sp³-hybridized carbons (Fsp3) is 0.174. The number of amides is 1. The van der Waals surface area contributed by atoms with Gasteiger partial charge >= 0.3 is 5.51 Å². The lowest BCUT2D eigenvalue weighted by atomic mass is 10.2. The Morgan fingerprint density at radius 1 is 0.971 bits per heavy atom. The Balaban J connectivity index is 1.53. The number of hydrogen-bond acceptors (Lipinski definition) is 6. The molecule has 0 unspecified atom stereocenters. The smallest absolute Gasteiger partial charge is 0.446 e. The number of phenolic OH excluding ortho intramolecular Hbond substituents is 1. The molecule has 180 valence electrons. The summed E-state index contributed by atoms with van der Waals surface area (Å²) >= 11 is 1.41. The number of nitrogens with one attached hydrogen (secondary N) is 1. The van der Waals surface area contributed by atoms with Gasteiger partial charge in [-0.25, -0.2) is 8.42 Å². The van der Waals surface area contributed by atoms with E-state index in [4.69, 9.17) is 0 Å². The maximum atomic E-state index is 12.5. The maximum Gasteiger partial charge on any atom is 0.446 e. The first-order chi connectivity index (χ1) is 15.9. The number of carbonyl (C=O) groups is 1. The normalized spacial score (nSPS) is 11.9. The van der Waals surface area contributed by atoms with E-state index in [0.29, 0.717) is 17.7 Å². The minimum absolute atomic E-state index is 0.139. The van der Waals surface area contributed by atoms with Crippen LogP contribution in [0.15, 0.2) is 81.4 Å². The number of thioether (sulfide) groups is 2. The molecular formula is C23H20F3NO4S3. The van der Waals surface area contributed by atoms with Crippen LogP contribution in [0, 0.1) is 0 Å². The lowest BCUT2D eigenvalue weighted by Gasteiger charge is -2.09. The lowest BCUT2D eigenvalue weighted by Crippen LogP contribution is -2.12. The minimum atomic E-state index is -4.30. The molecule has 0 atom stereocenters. The second-order valence-corrected chi connectivity index (χ2v) is 11.5. The number of aryl methyl sites for hydroxylation is 1. The van der Waals surface area contributed by atoms with Crippen LogP contribution in [0.5, 0.6) is 5.75 Å². The molecule has 3 aromatic carbocycles. The topological polar surface area (TPSA) is 83.5 Å². The highest BCUT2D eigenvalue weighted by Gasteiger charge is 2.29. The highest BCUT2D eigenvalue weighted by Crippen LogP contribution is 2.36. The van der Waals surface area contributed by atoms with Crippen LogP contribution in [-0.4, -0.2) is 36.9 Å².